The van der Waals surface area contributed by atoms with E-state index in [1.165, 1.54) is 11.5 Å². The number of rotatable bonds is 2. The lowest BCUT2D eigenvalue weighted by Gasteiger charge is -2.07. The van der Waals surface area contributed by atoms with E-state index in [1.807, 2.05) is 25.1 Å². The molecule has 1 aromatic carbocycles. The summed E-state index contributed by atoms with van der Waals surface area (Å²) >= 11 is 4.57. The second kappa shape index (κ2) is 4.76. The molecular weight excluding hydrogens is 288 g/mol. The summed E-state index contributed by atoms with van der Waals surface area (Å²) < 4.78 is 4.90. The van der Waals surface area contributed by atoms with Gasteiger partial charge in [0.1, 0.15) is 4.88 Å². The highest BCUT2D eigenvalue weighted by Crippen LogP contribution is 2.21. The zero-order chi connectivity index (χ0) is 11.5. The van der Waals surface area contributed by atoms with Gasteiger partial charge in [0.25, 0.3) is 5.91 Å². The minimum atomic E-state index is -0.118. The quantitative estimate of drug-likeness (QED) is 0.922. The molecule has 1 amide bonds. The Bertz CT molecular complexity index is 511. The highest BCUT2D eigenvalue weighted by atomic mass is 79.9. The monoisotopic (exact) mass is 296 g/mol. The van der Waals surface area contributed by atoms with Crippen LogP contribution in [0.25, 0.3) is 0 Å². The predicted octanol–water partition coefficient (Wildman–Crippen LogP) is 3.47. The Kier molecular flexibility index (Phi) is 3.36. The van der Waals surface area contributed by atoms with E-state index in [-0.39, 0.29) is 5.91 Å². The highest BCUT2D eigenvalue weighted by molar-refractivity contribution is 9.10. The summed E-state index contributed by atoms with van der Waals surface area (Å²) in [4.78, 5) is 12.4. The maximum absolute atomic E-state index is 11.8. The average Bonchev–Trinajstić information content (AvgIpc) is 2.75. The first kappa shape index (κ1) is 11.3. The fourth-order valence-corrected chi connectivity index (χ4v) is 2.25. The standard InChI is InChI=1S/C11H9BrN2OS/c1-7-6-8(12)2-3-9(7)14-11(15)10-4-5-13-16-10/h2-6H,1H3,(H,14,15). The number of hydrogen-bond donors (Lipinski definition) is 1. The van der Waals surface area contributed by atoms with Crippen LogP contribution in [0.5, 0.6) is 0 Å². The molecule has 1 aromatic heterocycles. The van der Waals surface area contributed by atoms with Gasteiger partial charge in [-0.1, -0.05) is 15.9 Å². The topological polar surface area (TPSA) is 42.0 Å². The third kappa shape index (κ3) is 2.48. The van der Waals surface area contributed by atoms with Gasteiger partial charge in [-0.3, -0.25) is 4.79 Å². The highest BCUT2D eigenvalue weighted by Gasteiger charge is 2.08. The van der Waals surface area contributed by atoms with E-state index in [4.69, 9.17) is 0 Å². The number of aromatic nitrogens is 1. The maximum atomic E-state index is 11.8. The third-order valence-corrected chi connectivity index (χ3v) is 3.34. The van der Waals surface area contributed by atoms with Gasteiger partial charge in [-0.05, 0) is 48.3 Å². The summed E-state index contributed by atoms with van der Waals surface area (Å²) in [6.07, 6.45) is 1.62. The number of amides is 1. The number of carbonyl (C=O) groups excluding carboxylic acids is 1. The first-order valence-electron chi connectivity index (χ1n) is 4.65. The zero-order valence-electron chi connectivity index (χ0n) is 8.53. The Morgan fingerprint density at radius 1 is 1.44 bits per heavy atom. The SMILES string of the molecule is Cc1cc(Br)ccc1NC(=O)c1ccns1. The zero-order valence-corrected chi connectivity index (χ0v) is 10.9. The fraction of sp³-hybridized carbons (Fsp3) is 0.0909. The van der Waals surface area contributed by atoms with Crippen molar-refractivity contribution in [2.24, 2.45) is 0 Å². The molecule has 0 unspecified atom stereocenters. The smallest absolute Gasteiger partial charge is 0.267 e. The van der Waals surface area contributed by atoms with Crippen LogP contribution in [-0.2, 0) is 0 Å². The van der Waals surface area contributed by atoms with Crippen molar-refractivity contribution >= 4 is 39.1 Å². The van der Waals surface area contributed by atoms with Crippen LogP contribution in [0.3, 0.4) is 0 Å². The van der Waals surface area contributed by atoms with Crippen LogP contribution in [0.1, 0.15) is 15.2 Å². The number of hydrogen-bond acceptors (Lipinski definition) is 3. The van der Waals surface area contributed by atoms with Gasteiger partial charge in [0.2, 0.25) is 0 Å². The van der Waals surface area contributed by atoms with E-state index in [2.05, 4.69) is 25.6 Å². The van der Waals surface area contributed by atoms with E-state index in [0.717, 1.165) is 15.7 Å². The van der Waals surface area contributed by atoms with Gasteiger partial charge in [-0.2, -0.15) is 0 Å². The minimum Gasteiger partial charge on any atom is -0.321 e. The molecule has 0 fully saturated rings. The molecule has 1 heterocycles. The van der Waals surface area contributed by atoms with Gasteiger partial charge in [0.15, 0.2) is 0 Å². The molecule has 0 radical (unpaired) electrons. The van der Waals surface area contributed by atoms with Crippen LogP contribution >= 0.6 is 27.5 Å². The molecule has 0 spiro atoms. The number of halogens is 1. The molecule has 0 saturated heterocycles. The van der Waals surface area contributed by atoms with Crippen LogP contribution in [0.4, 0.5) is 5.69 Å². The molecule has 82 valence electrons. The molecule has 0 aliphatic heterocycles. The number of aryl methyl sites for hydroxylation is 1. The van der Waals surface area contributed by atoms with Crippen molar-refractivity contribution in [2.45, 2.75) is 6.92 Å². The summed E-state index contributed by atoms with van der Waals surface area (Å²) in [5.74, 6) is -0.118. The molecule has 2 aromatic rings. The summed E-state index contributed by atoms with van der Waals surface area (Å²) in [5, 5.41) is 2.85. The minimum absolute atomic E-state index is 0.118. The van der Waals surface area contributed by atoms with Gasteiger partial charge in [-0.15, -0.1) is 0 Å². The molecule has 0 aliphatic rings. The number of anilines is 1. The maximum Gasteiger partial charge on any atom is 0.267 e. The van der Waals surface area contributed by atoms with Crippen LogP contribution in [-0.4, -0.2) is 10.3 Å². The lowest BCUT2D eigenvalue weighted by Crippen LogP contribution is -2.10. The van der Waals surface area contributed by atoms with Gasteiger partial charge in [-0.25, -0.2) is 4.37 Å². The molecule has 1 N–H and O–H groups in total. The molecule has 3 nitrogen and oxygen atoms in total. The van der Waals surface area contributed by atoms with Crippen molar-refractivity contribution in [2.75, 3.05) is 5.32 Å². The number of nitrogens with zero attached hydrogens (tertiary/aromatic N) is 1. The van der Waals surface area contributed by atoms with Gasteiger partial charge < -0.3 is 5.32 Å². The second-order valence-corrected chi connectivity index (χ2v) is 5.04. The van der Waals surface area contributed by atoms with E-state index in [9.17, 15) is 4.79 Å². The number of benzene rings is 1. The summed E-state index contributed by atoms with van der Waals surface area (Å²) in [7, 11) is 0. The molecule has 0 saturated carbocycles. The lowest BCUT2D eigenvalue weighted by molar-refractivity contribution is 0.103. The Morgan fingerprint density at radius 2 is 2.25 bits per heavy atom. The lowest BCUT2D eigenvalue weighted by atomic mass is 10.2. The molecule has 0 bridgehead atoms. The molecule has 16 heavy (non-hydrogen) atoms. The number of carbonyl (C=O) groups is 1. The number of nitrogens with one attached hydrogen (secondary N) is 1. The predicted molar refractivity (Wildman–Crippen MR) is 68.9 cm³/mol. The normalized spacial score (nSPS) is 10.1. The van der Waals surface area contributed by atoms with Gasteiger partial charge in [0, 0.05) is 16.4 Å². The second-order valence-electron chi connectivity index (χ2n) is 3.29. The van der Waals surface area contributed by atoms with Gasteiger partial charge in [0.05, 0.1) is 0 Å². The van der Waals surface area contributed by atoms with E-state index >= 15 is 0 Å². The largest absolute Gasteiger partial charge is 0.321 e. The van der Waals surface area contributed by atoms with Crippen molar-refractivity contribution in [3.63, 3.8) is 0 Å². The van der Waals surface area contributed by atoms with Gasteiger partial charge >= 0.3 is 0 Å². The first-order chi connectivity index (χ1) is 7.66. The third-order valence-electron chi connectivity index (χ3n) is 2.10. The van der Waals surface area contributed by atoms with Crippen LogP contribution in [0.2, 0.25) is 0 Å². The fourth-order valence-electron chi connectivity index (χ4n) is 1.28. The van der Waals surface area contributed by atoms with Crippen molar-refractivity contribution in [3.05, 3.63) is 45.4 Å². The molecule has 5 heteroatoms. The molecule has 0 aliphatic carbocycles. The van der Waals surface area contributed by atoms with Crippen LogP contribution in [0.15, 0.2) is 34.9 Å². The molecular formula is C11H9BrN2OS. The molecule has 0 atom stereocenters. The Labute approximate surface area is 106 Å². The Hall–Kier alpha value is -1.20. The average molecular weight is 297 g/mol. The van der Waals surface area contributed by atoms with Crippen molar-refractivity contribution in [3.8, 4) is 0 Å². The summed E-state index contributed by atoms with van der Waals surface area (Å²) in [6.45, 7) is 1.95. The van der Waals surface area contributed by atoms with Crippen LogP contribution < -0.4 is 5.32 Å². The molecule has 2 rings (SSSR count). The Morgan fingerprint density at radius 3 is 2.88 bits per heavy atom. The van der Waals surface area contributed by atoms with E-state index in [0.29, 0.717) is 4.88 Å². The van der Waals surface area contributed by atoms with Crippen molar-refractivity contribution in [1.29, 1.82) is 0 Å². The first-order valence-corrected chi connectivity index (χ1v) is 6.21. The van der Waals surface area contributed by atoms with E-state index < -0.39 is 0 Å². The summed E-state index contributed by atoms with van der Waals surface area (Å²) in [6, 6.07) is 7.43. The van der Waals surface area contributed by atoms with Crippen molar-refractivity contribution < 1.29 is 4.79 Å². The summed E-state index contributed by atoms with van der Waals surface area (Å²) in [5.41, 5.74) is 1.84. The Balaban J connectivity index is 2.18. The van der Waals surface area contributed by atoms with Crippen molar-refractivity contribution in [1.82, 2.24) is 4.37 Å². The van der Waals surface area contributed by atoms with Crippen LogP contribution in [0, 0.1) is 6.92 Å². The van der Waals surface area contributed by atoms with E-state index in [1.54, 1.807) is 12.3 Å².